The fourth-order valence-electron chi connectivity index (χ4n) is 4.50. The van der Waals surface area contributed by atoms with E-state index in [9.17, 15) is 14.7 Å². The molecule has 3 aromatic rings. The maximum Gasteiger partial charge on any atom is 0.248 e. The van der Waals surface area contributed by atoms with Crippen LogP contribution in [0, 0.1) is 5.92 Å². The lowest BCUT2D eigenvalue weighted by molar-refractivity contribution is -0.137. The summed E-state index contributed by atoms with van der Waals surface area (Å²) in [4.78, 5) is 32.2. The number of hydrogen-bond acceptors (Lipinski definition) is 6. The number of anilines is 1. The molecular weight excluding hydrogens is 432 g/mol. The zero-order valence-electron chi connectivity index (χ0n) is 18.7. The minimum absolute atomic E-state index is 0.104. The number of para-hydroxylation sites is 1. The van der Waals surface area contributed by atoms with Crippen molar-refractivity contribution in [2.24, 2.45) is 11.0 Å². The Kier molecular flexibility index (Phi) is 5.71. The molecule has 2 aliphatic rings. The summed E-state index contributed by atoms with van der Waals surface area (Å²) in [6, 6.07) is 17.4. The standard InChI is InChI=1S/C26H24N4O4/c1-34-20-10-8-19(9-11-20)29-16-18(13-25(29)32)26(33)30-23(21-6-2-3-7-24(21)31)14-22(28-30)17-5-4-12-27-15-17/h2-12,15,18,23,31H,13-14,16H2,1H3. The maximum atomic E-state index is 13.7. The molecule has 34 heavy (non-hydrogen) atoms. The van der Waals surface area contributed by atoms with E-state index < -0.39 is 12.0 Å². The first-order valence-electron chi connectivity index (χ1n) is 11.1. The number of hydrogen-bond donors (Lipinski definition) is 1. The van der Waals surface area contributed by atoms with Crippen molar-refractivity contribution in [3.05, 3.63) is 84.2 Å². The van der Waals surface area contributed by atoms with Gasteiger partial charge in [-0.25, -0.2) is 5.01 Å². The molecule has 2 amide bonds. The van der Waals surface area contributed by atoms with Gasteiger partial charge in [0.15, 0.2) is 0 Å². The Morgan fingerprint density at radius 1 is 1.06 bits per heavy atom. The Labute approximate surface area is 197 Å². The van der Waals surface area contributed by atoms with E-state index >= 15 is 0 Å². The molecule has 0 radical (unpaired) electrons. The largest absolute Gasteiger partial charge is 0.508 e. The number of hydrazone groups is 1. The number of phenolic OH excluding ortho intramolecular Hbond substituents is 1. The fraction of sp³-hybridized carbons (Fsp3) is 0.231. The number of rotatable bonds is 5. The number of phenols is 1. The zero-order valence-corrected chi connectivity index (χ0v) is 18.7. The Morgan fingerprint density at radius 2 is 1.85 bits per heavy atom. The third kappa shape index (κ3) is 3.98. The molecule has 2 unspecified atom stereocenters. The van der Waals surface area contributed by atoms with Crippen molar-refractivity contribution < 1.29 is 19.4 Å². The van der Waals surface area contributed by atoms with Gasteiger partial charge >= 0.3 is 0 Å². The number of ether oxygens (including phenoxy) is 1. The molecule has 0 saturated carbocycles. The number of amides is 2. The molecule has 0 aliphatic carbocycles. The van der Waals surface area contributed by atoms with Gasteiger partial charge in [0.1, 0.15) is 11.5 Å². The van der Waals surface area contributed by atoms with Crippen molar-refractivity contribution in [1.82, 2.24) is 9.99 Å². The van der Waals surface area contributed by atoms with Crippen LogP contribution in [0.15, 0.2) is 78.2 Å². The van der Waals surface area contributed by atoms with Crippen LogP contribution in [0.5, 0.6) is 11.5 Å². The lowest BCUT2D eigenvalue weighted by atomic mass is 9.97. The van der Waals surface area contributed by atoms with Crippen LogP contribution in [0.1, 0.15) is 30.0 Å². The first-order chi connectivity index (χ1) is 16.5. The Bertz CT molecular complexity index is 1240. The second kappa shape index (κ2) is 8.97. The average molecular weight is 457 g/mol. The minimum Gasteiger partial charge on any atom is -0.508 e. The maximum absolute atomic E-state index is 13.7. The van der Waals surface area contributed by atoms with Gasteiger partial charge in [0.25, 0.3) is 0 Å². The Morgan fingerprint density at radius 3 is 2.56 bits per heavy atom. The molecule has 0 bridgehead atoms. The van der Waals surface area contributed by atoms with E-state index in [1.807, 2.05) is 30.3 Å². The number of methoxy groups -OCH3 is 1. The first-order valence-corrected chi connectivity index (χ1v) is 11.1. The van der Waals surface area contributed by atoms with Gasteiger partial charge < -0.3 is 14.7 Å². The van der Waals surface area contributed by atoms with Crippen molar-refractivity contribution in [3.63, 3.8) is 0 Å². The smallest absolute Gasteiger partial charge is 0.248 e. The monoisotopic (exact) mass is 456 g/mol. The van der Waals surface area contributed by atoms with Gasteiger partial charge in [-0.05, 0) is 36.4 Å². The van der Waals surface area contributed by atoms with Crippen molar-refractivity contribution in [2.45, 2.75) is 18.9 Å². The van der Waals surface area contributed by atoms with Gasteiger partial charge in [-0.1, -0.05) is 24.3 Å². The number of pyridine rings is 1. The molecule has 1 saturated heterocycles. The normalized spacial score (nSPS) is 19.9. The van der Waals surface area contributed by atoms with E-state index in [0.29, 0.717) is 23.4 Å². The van der Waals surface area contributed by atoms with Gasteiger partial charge in [-0.15, -0.1) is 0 Å². The molecule has 172 valence electrons. The number of nitrogens with zero attached hydrogens (tertiary/aromatic N) is 4. The lowest BCUT2D eigenvalue weighted by Gasteiger charge is -2.25. The Balaban J connectivity index is 1.43. The molecule has 8 nitrogen and oxygen atoms in total. The van der Waals surface area contributed by atoms with Crippen LogP contribution in [-0.2, 0) is 9.59 Å². The van der Waals surface area contributed by atoms with Crippen LogP contribution in [-0.4, -0.2) is 46.3 Å². The lowest BCUT2D eigenvalue weighted by Crippen LogP contribution is -2.34. The van der Waals surface area contributed by atoms with E-state index in [4.69, 9.17) is 4.74 Å². The quantitative estimate of drug-likeness (QED) is 0.634. The highest BCUT2D eigenvalue weighted by atomic mass is 16.5. The summed E-state index contributed by atoms with van der Waals surface area (Å²) in [6.45, 7) is 0.270. The highest BCUT2D eigenvalue weighted by Crippen LogP contribution is 2.39. The summed E-state index contributed by atoms with van der Waals surface area (Å²) < 4.78 is 5.19. The van der Waals surface area contributed by atoms with E-state index in [1.165, 1.54) is 5.01 Å². The van der Waals surface area contributed by atoms with E-state index in [0.717, 1.165) is 11.3 Å². The van der Waals surface area contributed by atoms with Crippen LogP contribution in [0.3, 0.4) is 0 Å². The summed E-state index contributed by atoms with van der Waals surface area (Å²) in [5, 5.41) is 16.6. The molecule has 2 atom stereocenters. The molecule has 1 fully saturated rings. The number of aromatic nitrogens is 1. The van der Waals surface area contributed by atoms with Crippen LogP contribution in [0.4, 0.5) is 5.69 Å². The molecule has 8 heteroatoms. The molecule has 2 aliphatic heterocycles. The molecule has 0 spiro atoms. The van der Waals surface area contributed by atoms with Crippen molar-refractivity contribution >= 4 is 23.2 Å². The SMILES string of the molecule is COc1ccc(N2CC(C(=O)N3N=C(c4cccnc4)CC3c3ccccc3O)CC2=O)cc1. The van der Waals surface area contributed by atoms with Crippen LogP contribution >= 0.6 is 0 Å². The average Bonchev–Trinajstić information content (AvgIpc) is 3.49. The third-order valence-corrected chi connectivity index (χ3v) is 6.29. The van der Waals surface area contributed by atoms with Crippen LogP contribution in [0.25, 0.3) is 0 Å². The van der Waals surface area contributed by atoms with Gasteiger partial charge in [-0.2, -0.15) is 5.10 Å². The van der Waals surface area contributed by atoms with Crippen molar-refractivity contribution in [2.75, 3.05) is 18.6 Å². The van der Waals surface area contributed by atoms with Gasteiger partial charge in [0, 0.05) is 48.6 Å². The van der Waals surface area contributed by atoms with Gasteiger partial charge in [0.2, 0.25) is 11.8 Å². The highest BCUT2D eigenvalue weighted by molar-refractivity contribution is 6.04. The number of carbonyl (C=O) groups excluding carboxylic acids is 2. The molecule has 3 heterocycles. The van der Waals surface area contributed by atoms with E-state index in [1.54, 1.807) is 54.7 Å². The molecule has 5 rings (SSSR count). The first kappa shape index (κ1) is 21.6. The second-order valence-corrected chi connectivity index (χ2v) is 8.35. The molecule has 2 aromatic carbocycles. The summed E-state index contributed by atoms with van der Waals surface area (Å²) in [5.41, 5.74) is 2.88. The number of benzene rings is 2. The number of aromatic hydroxyl groups is 1. The third-order valence-electron chi connectivity index (χ3n) is 6.29. The van der Waals surface area contributed by atoms with E-state index in [2.05, 4.69) is 10.1 Å². The van der Waals surface area contributed by atoms with Crippen molar-refractivity contribution in [1.29, 1.82) is 0 Å². The predicted molar refractivity (Wildman–Crippen MR) is 127 cm³/mol. The molecule has 1 aromatic heterocycles. The zero-order chi connectivity index (χ0) is 23.7. The summed E-state index contributed by atoms with van der Waals surface area (Å²) in [7, 11) is 1.59. The molecular formula is C26H24N4O4. The summed E-state index contributed by atoms with van der Waals surface area (Å²) >= 11 is 0. The summed E-state index contributed by atoms with van der Waals surface area (Å²) in [5.74, 6) is -0.0899. The van der Waals surface area contributed by atoms with Crippen molar-refractivity contribution in [3.8, 4) is 11.5 Å². The number of carbonyl (C=O) groups is 2. The highest BCUT2D eigenvalue weighted by Gasteiger charge is 2.42. The van der Waals surface area contributed by atoms with Crippen LogP contribution in [0.2, 0.25) is 0 Å². The Hall–Kier alpha value is -4.20. The van der Waals surface area contributed by atoms with E-state index in [-0.39, 0.29) is 30.5 Å². The second-order valence-electron chi connectivity index (χ2n) is 8.35. The molecule has 1 N–H and O–H groups in total. The predicted octanol–water partition coefficient (Wildman–Crippen LogP) is 3.53. The summed E-state index contributed by atoms with van der Waals surface area (Å²) in [6.07, 6.45) is 3.93. The topological polar surface area (TPSA) is 95.3 Å². The van der Waals surface area contributed by atoms with Gasteiger partial charge in [-0.3, -0.25) is 14.6 Å². The van der Waals surface area contributed by atoms with Gasteiger partial charge in [0.05, 0.1) is 24.8 Å². The minimum atomic E-state index is -0.542. The van der Waals surface area contributed by atoms with Crippen LogP contribution < -0.4 is 9.64 Å². The fourth-order valence-corrected chi connectivity index (χ4v) is 4.50.